The molecule has 0 saturated heterocycles. The second kappa shape index (κ2) is 4.26. The van der Waals surface area contributed by atoms with Crippen LogP contribution in [-0.2, 0) is 11.3 Å². The van der Waals surface area contributed by atoms with Gasteiger partial charge in [-0.25, -0.2) is 0 Å². The first kappa shape index (κ1) is 11.1. The van der Waals surface area contributed by atoms with Gasteiger partial charge in [0.15, 0.2) is 0 Å². The summed E-state index contributed by atoms with van der Waals surface area (Å²) in [7, 11) is 2.04. The fraction of sp³-hybridized carbons (Fsp3) is 0.462. The Morgan fingerprint density at radius 2 is 2.31 bits per heavy atom. The summed E-state index contributed by atoms with van der Waals surface area (Å²) in [5.74, 6) is -0.584. The zero-order valence-corrected chi connectivity index (χ0v) is 9.73. The summed E-state index contributed by atoms with van der Waals surface area (Å²) in [6.45, 7) is 3.81. The molecule has 0 radical (unpaired) electrons. The third-order valence-corrected chi connectivity index (χ3v) is 3.13. The molecular formula is C13H17NO2. The van der Waals surface area contributed by atoms with Crippen LogP contribution in [0.2, 0.25) is 0 Å². The lowest BCUT2D eigenvalue weighted by molar-refractivity contribution is -0.137. The van der Waals surface area contributed by atoms with Crippen LogP contribution < -0.4 is 0 Å². The van der Waals surface area contributed by atoms with Gasteiger partial charge >= 0.3 is 5.97 Å². The summed E-state index contributed by atoms with van der Waals surface area (Å²) in [4.78, 5) is 13.0. The molecule has 1 aromatic rings. The number of hydrogen-bond donors (Lipinski definition) is 1. The van der Waals surface area contributed by atoms with Gasteiger partial charge in [0.2, 0.25) is 0 Å². The monoisotopic (exact) mass is 219 g/mol. The van der Waals surface area contributed by atoms with Crippen molar-refractivity contribution in [1.29, 1.82) is 0 Å². The molecular weight excluding hydrogens is 202 g/mol. The van der Waals surface area contributed by atoms with E-state index in [2.05, 4.69) is 30.0 Å². The second-order valence-corrected chi connectivity index (χ2v) is 4.69. The normalized spacial score (nSPS) is 20.5. The number of carboxylic acids is 1. The lowest BCUT2D eigenvalue weighted by Gasteiger charge is -2.31. The fourth-order valence-electron chi connectivity index (χ4n) is 2.45. The largest absolute Gasteiger partial charge is 0.481 e. The average Bonchev–Trinajstić information content (AvgIpc) is 2.18. The number of rotatable bonds is 2. The summed E-state index contributed by atoms with van der Waals surface area (Å²) >= 11 is 0. The van der Waals surface area contributed by atoms with Crippen LogP contribution in [-0.4, -0.2) is 29.6 Å². The molecule has 0 amide bonds. The minimum absolute atomic E-state index is 0.131. The third-order valence-electron chi connectivity index (χ3n) is 3.13. The molecule has 1 N–H and O–H groups in total. The van der Waals surface area contributed by atoms with E-state index in [-0.39, 0.29) is 12.3 Å². The molecule has 86 valence electrons. The van der Waals surface area contributed by atoms with Gasteiger partial charge < -0.3 is 10.0 Å². The van der Waals surface area contributed by atoms with Crippen molar-refractivity contribution in [1.82, 2.24) is 4.90 Å². The minimum atomic E-state index is -0.715. The number of fused-ring (bicyclic) bond motifs is 1. The number of aliphatic carboxylic acids is 1. The van der Waals surface area contributed by atoms with Crippen LogP contribution in [0.15, 0.2) is 18.2 Å². The number of hydrogen-bond acceptors (Lipinski definition) is 2. The topological polar surface area (TPSA) is 40.5 Å². The van der Waals surface area contributed by atoms with Crippen molar-refractivity contribution in [3.63, 3.8) is 0 Å². The number of benzene rings is 1. The molecule has 1 heterocycles. The molecule has 0 aliphatic carbocycles. The molecule has 16 heavy (non-hydrogen) atoms. The molecule has 0 fully saturated rings. The van der Waals surface area contributed by atoms with Gasteiger partial charge in [-0.15, -0.1) is 0 Å². The molecule has 3 nitrogen and oxygen atoms in total. The van der Waals surface area contributed by atoms with E-state index in [1.54, 1.807) is 0 Å². The van der Waals surface area contributed by atoms with Gasteiger partial charge in [0.25, 0.3) is 0 Å². The Labute approximate surface area is 95.7 Å². The van der Waals surface area contributed by atoms with Crippen molar-refractivity contribution in [3.05, 3.63) is 34.9 Å². The standard InChI is InChI=1S/C13H17NO2/c1-9-3-4-10-7-14(2)8-11(6-13(15)16)12(10)5-9/h3-5,11H,6-8H2,1-2H3,(H,15,16). The predicted octanol–water partition coefficient (Wildman–Crippen LogP) is 2.00. The first-order valence-electron chi connectivity index (χ1n) is 5.56. The number of aryl methyl sites for hydroxylation is 1. The molecule has 0 bridgehead atoms. The molecule has 3 heteroatoms. The molecule has 1 atom stereocenters. The van der Waals surface area contributed by atoms with Gasteiger partial charge in [0, 0.05) is 19.0 Å². The lowest BCUT2D eigenvalue weighted by atomic mass is 9.87. The number of nitrogens with zero attached hydrogens (tertiary/aromatic N) is 1. The van der Waals surface area contributed by atoms with E-state index < -0.39 is 5.97 Å². The van der Waals surface area contributed by atoms with Crippen molar-refractivity contribution >= 4 is 5.97 Å². The zero-order valence-electron chi connectivity index (χ0n) is 9.73. The molecule has 1 unspecified atom stereocenters. The van der Waals surface area contributed by atoms with E-state index in [1.807, 2.05) is 7.05 Å². The highest BCUT2D eigenvalue weighted by Crippen LogP contribution is 2.30. The highest BCUT2D eigenvalue weighted by Gasteiger charge is 2.25. The van der Waals surface area contributed by atoms with Gasteiger partial charge in [0.05, 0.1) is 6.42 Å². The molecule has 1 aliphatic heterocycles. The quantitative estimate of drug-likeness (QED) is 0.827. The summed E-state index contributed by atoms with van der Waals surface area (Å²) < 4.78 is 0. The van der Waals surface area contributed by atoms with Crippen molar-refractivity contribution in [2.45, 2.75) is 25.8 Å². The summed E-state index contributed by atoms with van der Waals surface area (Å²) in [6, 6.07) is 6.35. The van der Waals surface area contributed by atoms with E-state index in [9.17, 15) is 4.79 Å². The van der Waals surface area contributed by atoms with E-state index in [0.29, 0.717) is 0 Å². The Balaban J connectivity index is 2.35. The maximum Gasteiger partial charge on any atom is 0.304 e. The number of carbonyl (C=O) groups is 1. The summed E-state index contributed by atoms with van der Waals surface area (Å²) in [6.07, 6.45) is 0.223. The van der Waals surface area contributed by atoms with Crippen LogP contribution >= 0.6 is 0 Å². The second-order valence-electron chi connectivity index (χ2n) is 4.69. The van der Waals surface area contributed by atoms with E-state index in [1.165, 1.54) is 16.7 Å². The number of likely N-dealkylation sites (N-methyl/N-ethyl adjacent to an activating group) is 1. The van der Waals surface area contributed by atoms with Crippen LogP contribution in [0, 0.1) is 6.92 Å². The average molecular weight is 219 g/mol. The van der Waals surface area contributed by atoms with Crippen LogP contribution in [0.3, 0.4) is 0 Å². The van der Waals surface area contributed by atoms with Crippen molar-refractivity contribution < 1.29 is 9.90 Å². The Morgan fingerprint density at radius 1 is 1.56 bits per heavy atom. The van der Waals surface area contributed by atoms with Crippen LogP contribution in [0.25, 0.3) is 0 Å². The van der Waals surface area contributed by atoms with Crippen molar-refractivity contribution in [2.75, 3.05) is 13.6 Å². The number of carboxylic acid groups (broad SMARTS) is 1. The van der Waals surface area contributed by atoms with E-state index >= 15 is 0 Å². The van der Waals surface area contributed by atoms with Crippen LogP contribution in [0.1, 0.15) is 29.0 Å². The van der Waals surface area contributed by atoms with Gasteiger partial charge in [-0.2, -0.15) is 0 Å². The highest BCUT2D eigenvalue weighted by molar-refractivity contribution is 5.68. The van der Waals surface area contributed by atoms with E-state index in [4.69, 9.17) is 5.11 Å². The van der Waals surface area contributed by atoms with Crippen molar-refractivity contribution in [2.24, 2.45) is 0 Å². The van der Waals surface area contributed by atoms with Gasteiger partial charge in [-0.1, -0.05) is 23.8 Å². The van der Waals surface area contributed by atoms with Gasteiger partial charge in [-0.05, 0) is 25.1 Å². The zero-order chi connectivity index (χ0) is 11.7. The van der Waals surface area contributed by atoms with Gasteiger partial charge in [-0.3, -0.25) is 4.79 Å². The molecule has 0 spiro atoms. The first-order chi connectivity index (χ1) is 7.56. The molecule has 1 aromatic carbocycles. The van der Waals surface area contributed by atoms with Crippen molar-refractivity contribution in [3.8, 4) is 0 Å². The maximum absolute atomic E-state index is 10.9. The third kappa shape index (κ3) is 2.25. The molecule has 2 rings (SSSR count). The van der Waals surface area contributed by atoms with Crippen LogP contribution in [0.4, 0.5) is 0 Å². The minimum Gasteiger partial charge on any atom is -0.481 e. The smallest absolute Gasteiger partial charge is 0.304 e. The SMILES string of the molecule is Cc1ccc2c(c1)C(CC(=O)O)CN(C)C2. The predicted molar refractivity (Wildman–Crippen MR) is 62.5 cm³/mol. The summed E-state index contributed by atoms with van der Waals surface area (Å²) in [5.41, 5.74) is 3.70. The first-order valence-corrected chi connectivity index (χ1v) is 5.56. The maximum atomic E-state index is 10.9. The Bertz CT molecular complexity index is 414. The molecule has 0 saturated carbocycles. The highest BCUT2D eigenvalue weighted by atomic mass is 16.4. The molecule has 0 aromatic heterocycles. The van der Waals surface area contributed by atoms with Gasteiger partial charge in [0.1, 0.15) is 0 Å². The Morgan fingerprint density at radius 3 is 3.00 bits per heavy atom. The van der Waals surface area contributed by atoms with E-state index in [0.717, 1.165) is 13.1 Å². The lowest BCUT2D eigenvalue weighted by Crippen LogP contribution is -2.31. The summed E-state index contributed by atoms with van der Waals surface area (Å²) in [5, 5.41) is 8.93. The molecule has 1 aliphatic rings. The van der Waals surface area contributed by atoms with Crippen LogP contribution in [0.5, 0.6) is 0 Å². The Kier molecular flexibility index (Phi) is 2.97. The Hall–Kier alpha value is -1.35. The fourth-order valence-corrected chi connectivity index (χ4v) is 2.45.